The number of hydrogen-bond acceptors (Lipinski definition) is 6. The highest BCUT2D eigenvalue weighted by molar-refractivity contribution is 7.92. The molecule has 2 aromatic carbocycles. The Bertz CT molecular complexity index is 1190. The molecule has 2 aromatic rings. The highest BCUT2D eigenvalue weighted by Crippen LogP contribution is 2.23. The number of benzene rings is 2. The highest BCUT2D eigenvalue weighted by atomic mass is 32.2. The quantitative estimate of drug-likeness (QED) is 0.491. The van der Waals surface area contributed by atoms with Gasteiger partial charge < -0.3 is 10.1 Å². The second-order valence-electron chi connectivity index (χ2n) is 8.24. The van der Waals surface area contributed by atoms with E-state index in [-0.39, 0.29) is 24.6 Å². The molecule has 9 nitrogen and oxygen atoms in total. The molecule has 1 heterocycles. The molecule has 1 amide bonds. The van der Waals surface area contributed by atoms with E-state index in [1.807, 2.05) is 13.0 Å². The third-order valence-electron chi connectivity index (χ3n) is 5.45. The third-order valence-corrected chi connectivity index (χ3v) is 8.50. The minimum absolute atomic E-state index is 0.146. The molecule has 0 radical (unpaired) electrons. The Kier molecular flexibility index (Phi) is 8.56. The number of ether oxygens (including phenoxy) is 1. The zero-order chi connectivity index (χ0) is 24.8. The van der Waals surface area contributed by atoms with E-state index in [4.69, 9.17) is 4.74 Å². The minimum atomic E-state index is -3.64. The first kappa shape index (κ1) is 26.0. The van der Waals surface area contributed by atoms with E-state index < -0.39 is 26.0 Å². The van der Waals surface area contributed by atoms with E-state index in [1.165, 1.54) is 16.4 Å². The molecular weight excluding hydrogens is 478 g/mol. The van der Waals surface area contributed by atoms with Crippen LogP contribution in [0.25, 0.3) is 0 Å². The predicted molar refractivity (Wildman–Crippen MR) is 131 cm³/mol. The van der Waals surface area contributed by atoms with Crippen molar-refractivity contribution in [2.24, 2.45) is 0 Å². The summed E-state index contributed by atoms with van der Waals surface area (Å²) < 4.78 is 57.9. The maximum Gasteiger partial charge on any atom is 0.243 e. The Balaban J connectivity index is 1.49. The first-order valence-corrected chi connectivity index (χ1v) is 14.4. The van der Waals surface area contributed by atoms with Crippen LogP contribution < -0.4 is 14.4 Å². The maximum absolute atomic E-state index is 12.7. The average Bonchev–Trinajstić information content (AvgIpc) is 2.80. The molecule has 0 spiro atoms. The third kappa shape index (κ3) is 6.94. The van der Waals surface area contributed by atoms with Crippen LogP contribution in [-0.4, -0.2) is 66.1 Å². The van der Waals surface area contributed by atoms with Crippen LogP contribution in [0.5, 0.6) is 5.75 Å². The Hall–Kier alpha value is -2.63. The number of carbonyl (C=O) groups is 1. The molecular formula is C23H31N3O6S2. The summed E-state index contributed by atoms with van der Waals surface area (Å²) in [7, 11) is -7.14. The van der Waals surface area contributed by atoms with Crippen molar-refractivity contribution in [1.29, 1.82) is 0 Å². The van der Waals surface area contributed by atoms with Crippen molar-refractivity contribution in [2.75, 3.05) is 43.3 Å². The lowest BCUT2D eigenvalue weighted by Crippen LogP contribution is -2.41. The summed E-state index contributed by atoms with van der Waals surface area (Å²) in [5.74, 6) is 0.0165. The lowest BCUT2D eigenvalue weighted by Gasteiger charge is -2.25. The average molecular weight is 510 g/mol. The molecule has 186 valence electrons. The zero-order valence-corrected chi connectivity index (χ0v) is 21.1. The van der Waals surface area contributed by atoms with E-state index >= 15 is 0 Å². The molecule has 0 unspecified atom stereocenters. The molecule has 1 fully saturated rings. The van der Waals surface area contributed by atoms with Crippen molar-refractivity contribution in [3.63, 3.8) is 0 Å². The number of nitrogens with zero attached hydrogens (tertiary/aromatic N) is 2. The molecule has 1 N–H and O–H groups in total. The summed E-state index contributed by atoms with van der Waals surface area (Å²) in [5.41, 5.74) is 1.31. The van der Waals surface area contributed by atoms with Gasteiger partial charge in [-0.2, -0.15) is 4.31 Å². The van der Waals surface area contributed by atoms with Crippen LogP contribution in [0.4, 0.5) is 5.69 Å². The normalized spacial score (nSPS) is 15.0. The van der Waals surface area contributed by atoms with E-state index in [9.17, 15) is 21.6 Å². The van der Waals surface area contributed by atoms with Gasteiger partial charge >= 0.3 is 0 Å². The van der Waals surface area contributed by atoms with Gasteiger partial charge in [0, 0.05) is 13.1 Å². The molecule has 34 heavy (non-hydrogen) atoms. The molecule has 0 bridgehead atoms. The number of anilines is 1. The van der Waals surface area contributed by atoms with Crippen molar-refractivity contribution in [2.45, 2.75) is 31.1 Å². The minimum Gasteiger partial charge on any atom is -0.492 e. The first-order valence-electron chi connectivity index (χ1n) is 11.1. The van der Waals surface area contributed by atoms with Crippen LogP contribution in [0.3, 0.4) is 0 Å². The SMILES string of the molecule is Cc1cccc(N(CC(=O)NCCOc2ccc(S(=O)(=O)N3CCCCC3)cc2)S(C)(=O)=O)c1. The van der Waals surface area contributed by atoms with Crippen LogP contribution in [0.15, 0.2) is 53.4 Å². The summed E-state index contributed by atoms with van der Waals surface area (Å²) in [6.07, 6.45) is 3.85. The van der Waals surface area contributed by atoms with Gasteiger partial charge in [0.1, 0.15) is 18.9 Å². The molecule has 0 aliphatic carbocycles. The van der Waals surface area contributed by atoms with E-state index in [2.05, 4.69) is 5.32 Å². The summed E-state index contributed by atoms with van der Waals surface area (Å²) in [5, 5.41) is 2.65. The zero-order valence-electron chi connectivity index (χ0n) is 19.4. The van der Waals surface area contributed by atoms with Crippen molar-refractivity contribution >= 4 is 31.6 Å². The van der Waals surface area contributed by atoms with Crippen molar-refractivity contribution in [1.82, 2.24) is 9.62 Å². The van der Waals surface area contributed by atoms with E-state index in [0.717, 1.165) is 35.4 Å². The molecule has 3 rings (SSSR count). The van der Waals surface area contributed by atoms with Gasteiger partial charge in [-0.1, -0.05) is 18.6 Å². The molecule has 0 saturated carbocycles. The van der Waals surface area contributed by atoms with E-state index in [1.54, 1.807) is 30.3 Å². The van der Waals surface area contributed by atoms with Gasteiger partial charge in [-0.25, -0.2) is 16.8 Å². The van der Waals surface area contributed by atoms with Gasteiger partial charge in [0.2, 0.25) is 26.0 Å². The second-order valence-corrected chi connectivity index (χ2v) is 12.1. The summed E-state index contributed by atoms with van der Waals surface area (Å²) in [6.45, 7) is 2.90. The Morgan fingerprint density at radius 2 is 1.71 bits per heavy atom. The second kappa shape index (κ2) is 11.2. The van der Waals surface area contributed by atoms with Crippen LogP contribution >= 0.6 is 0 Å². The number of aryl methyl sites for hydroxylation is 1. The summed E-state index contributed by atoms with van der Waals surface area (Å²) in [4.78, 5) is 12.6. The van der Waals surface area contributed by atoms with Gasteiger partial charge in [0.25, 0.3) is 0 Å². The number of piperidine rings is 1. The Morgan fingerprint density at radius 1 is 1.03 bits per heavy atom. The lowest BCUT2D eigenvalue weighted by molar-refractivity contribution is -0.119. The highest BCUT2D eigenvalue weighted by Gasteiger charge is 2.25. The van der Waals surface area contributed by atoms with Gasteiger partial charge in [-0.3, -0.25) is 9.10 Å². The molecule has 0 aromatic heterocycles. The van der Waals surface area contributed by atoms with Gasteiger partial charge in [0.05, 0.1) is 23.4 Å². The number of carbonyl (C=O) groups excluding carboxylic acids is 1. The fraction of sp³-hybridized carbons (Fsp3) is 0.435. The fourth-order valence-corrected chi connectivity index (χ4v) is 6.06. The predicted octanol–water partition coefficient (Wildman–Crippen LogP) is 2.13. The number of amides is 1. The van der Waals surface area contributed by atoms with Crippen LogP contribution in [0, 0.1) is 6.92 Å². The fourth-order valence-electron chi connectivity index (χ4n) is 3.69. The molecule has 1 saturated heterocycles. The van der Waals surface area contributed by atoms with Crippen LogP contribution in [0.1, 0.15) is 24.8 Å². The van der Waals surface area contributed by atoms with Crippen LogP contribution in [0.2, 0.25) is 0 Å². The van der Waals surface area contributed by atoms with Crippen molar-refractivity contribution < 1.29 is 26.4 Å². The standard InChI is InChI=1S/C23H31N3O6S2/c1-19-7-6-8-20(17-19)26(33(2,28)29)18-23(27)24-13-16-32-21-9-11-22(12-10-21)34(30,31)25-14-4-3-5-15-25/h6-12,17H,3-5,13-16,18H2,1-2H3,(H,24,27). The number of sulfonamides is 2. The Labute approximate surface area is 201 Å². The molecule has 11 heteroatoms. The summed E-state index contributed by atoms with van der Waals surface area (Å²) in [6, 6.07) is 13.1. The number of hydrogen-bond donors (Lipinski definition) is 1. The molecule has 0 atom stereocenters. The lowest BCUT2D eigenvalue weighted by atomic mass is 10.2. The molecule has 1 aliphatic heterocycles. The largest absolute Gasteiger partial charge is 0.492 e. The van der Waals surface area contributed by atoms with E-state index in [0.29, 0.717) is 24.5 Å². The van der Waals surface area contributed by atoms with Gasteiger partial charge in [0.15, 0.2) is 0 Å². The van der Waals surface area contributed by atoms with Crippen molar-refractivity contribution in [3.05, 3.63) is 54.1 Å². The Morgan fingerprint density at radius 3 is 2.32 bits per heavy atom. The number of nitrogens with one attached hydrogen (secondary N) is 1. The molecule has 1 aliphatic rings. The van der Waals surface area contributed by atoms with Gasteiger partial charge in [-0.15, -0.1) is 0 Å². The van der Waals surface area contributed by atoms with Gasteiger partial charge in [-0.05, 0) is 61.7 Å². The smallest absolute Gasteiger partial charge is 0.243 e. The number of rotatable bonds is 10. The van der Waals surface area contributed by atoms with Crippen LogP contribution in [-0.2, 0) is 24.8 Å². The van der Waals surface area contributed by atoms with Crippen molar-refractivity contribution in [3.8, 4) is 5.75 Å². The summed E-state index contributed by atoms with van der Waals surface area (Å²) >= 11 is 0. The maximum atomic E-state index is 12.7. The first-order chi connectivity index (χ1) is 16.1. The topological polar surface area (TPSA) is 113 Å². The monoisotopic (exact) mass is 509 g/mol.